The standard InChI is InChI=1S/C24H28O5/c1-7-8-14-11-16(25)27-23-17(14)22-15(9-10-24(5,6)29-22)21-18(23)19(26)13(4)20(28-21)12(2)3/h9-13,20H,7-8H2,1-6H3. The highest BCUT2D eigenvalue weighted by Crippen LogP contribution is 2.49. The number of rotatable bonds is 3. The molecule has 0 aliphatic carbocycles. The van der Waals surface area contributed by atoms with E-state index in [-0.39, 0.29) is 23.7 Å². The molecule has 2 atom stereocenters. The van der Waals surface area contributed by atoms with Crippen LogP contribution in [0.5, 0.6) is 11.5 Å². The summed E-state index contributed by atoms with van der Waals surface area (Å²) in [6, 6.07) is 1.52. The van der Waals surface area contributed by atoms with Gasteiger partial charge in [0.1, 0.15) is 28.8 Å². The Morgan fingerprint density at radius 1 is 1.17 bits per heavy atom. The second-order valence-electron chi connectivity index (χ2n) is 9.01. The van der Waals surface area contributed by atoms with Gasteiger partial charge in [0, 0.05) is 6.07 Å². The van der Waals surface area contributed by atoms with E-state index in [1.807, 2.05) is 46.8 Å². The lowest BCUT2D eigenvalue weighted by atomic mass is 9.82. The molecule has 0 bridgehead atoms. The van der Waals surface area contributed by atoms with Gasteiger partial charge in [-0.1, -0.05) is 34.1 Å². The quantitative estimate of drug-likeness (QED) is 0.670. The van der Waals surface area contributed by atoms with Crippen molar-refractivity contribution >= 4 is 22.8 Å². The molecule has 4 rings (SSSR count). The normalized spacial score (nSPS) is 22.2. The fraction of sp³-hybridized carbons (Fsp3) is 0.500. The van der Waals surface area contributed by atoms with Crippen molar-refractivity contribution in [2.24, 2.45) is 11.8 Å². The molecule has 1 aromatic carbocycles. The predicted octanol–water partition coefficient (Wildman–Crippen LogP) is 5.17. The zero-order chi connectivity index (χ0) is 21.1. The molecular formula is C24H28O5. The van der Waals surface area contributed by atoms with Gasteiger partial charge in [-0.2, -0.15) is 0 Å². The number of carbonyl (C=O) groups is 1. The molecule has 0 fully saturated rings. The number of ketones is 1. The number of Topliss-reactive ketones (excluding diaryl/α,β-unsaturated/α-hetero) is 1. The van der Waals surface area contributed by atoms with Crippen LogP contribution >= 0.6 is 0 Å². The minimum atomic E-state index is -0.517. The van der Waals surface area contributed by atoms with Crippen LogP contribution in [0.1, 0.15) is 69.4 Å². The average Bonchev–Trinajstić information content (AvgIpc) is 2.62. The lowest BCUT2D eigenvalue weighted by Gasteiger charge is -2.37. The van der Waals surface area contributed by atoms with Crippen molar-refractivity contribution in [3.05, 3.63) is 39.3 Å². The Morgan fingerprint density at radius 2 is 1.90 bits per heavy atom. The molecule has 3 heterocycles. The van der Waals surface area contributed by atoms with Gasteiger partial charge in [0.15, 0.2) is 11.4 Å². The lowest BCUT2D eigenvalue weighted by molar-refractivity contribution is 0.0554. The number of benzene rings is 1. The Hall–Kier alpha value is -2.56. The van der Waals surface area contributed by atoms with Crippen molar-refractivity contribution in [2.45, 2.75) is 66.1 Å². The fourth-order valence-electron chi connectivity index (χ4n) is 4.42. The number of ether oxygens (including phenoxy) is 2. The predicted molar refractivity (Wildman–Crippen MR) is 113 cm³/mol. The summed E-state index contributed by atoms with van der Waals surface area (Å²) in [4.78, 5) is 25.8. The van der Waals surface area contributed by atoms with Gasteiger partial charge in [-0.25, -0.2) is 4.79 Å². The molecule has 0 saturated carbocycles. The Balaban J connectivity index is 2.14. The molecule has 2 aliphatic rings. The monoisotopic (exact) mass is 396 g/mol. The highest BCUT2D eigenvalue weighted by Gasteiger charge is 2.42. The van der Waals surface area contributed by atoms with Gasteiger partial charge in [0.05, 0.1) is 16.9 Å². The van der Waals surface area contributed by atoms with E-state index in [4.69, 9.17) is 13.9 Å². The van der Waals surface area contributed by atoms with E-state index in [0.717, 1.165) is 17.5 Å². The summed E-state index contributed by atoms with van der Waals surface area (Å²) in [6.45, 7) is 12.0. The molecular weight excluding hydrogens is 368 g/mol. The average molecular weight is 396 g/mol. The van der Waals surface area contributed by atoms with Crippen molar-refractivity contribution in [3.63, 3.8) is 0 Å². The molecule has 1 aromatic heterocycles. The molecule has 5 heteroatoms. The maximum absolute atomic E-state index is 13.4. The fourth-order valence-corrected chi connectivity index (χ4v) is 4.42. The van der Waals surface area contributed by atoms with Gasteiger partial charge in [0.2, 0.25) is 0 Å². The maximum atomic E-state index is 13.4. The van der Waals surface area contributed by atoms with Crippen LogP contribution in [-0.2, 0) is 6.42 Å². The maximum Gasteiger partial charge on any atom is 0.336 e. The van der Waals surface area contributed by atoms with Crippen LogP contribution in [0.2, 0.25) is 0 Å². The van der Waals surface area contributed by atoms with Crippen molar-refractivity contribution in [3.8, 4) is 11.5 Å². The second-order valence-corrected chi connectivity index (χ2v) is 9.01. The van der Waals surface area contributed by atoms with E-state index in [9.17, 15) is 9.59 Å². The first-order chi connectivity index (χ1) is 13.6. The van der Waals surface area contributed by atoms with Crippen molar-refractivity contribution in [1.29, 1.82) is 0 Å². The van der Waals surface area contributed by atoms with Crippen LogP contribution in [0.25, 0.3) is 17.0 Å². The number of carbonyl (C=O) groups excluding carboxylic acids is 1. The Bertz CT molecular complexity index is 1090. The molecule has 154 valence electrons. The number of hydrogen-bond donors (Lipinski definition) is 0. The molecule has 2 aromatic rings. The molecule has 5 nitrogen and oxygen atoms in total. The molecule has 2 aliphatic heterocycles. The first kappa shape index (κ1) is 19.7. The summed E-state index contributed by atoms with van der Waals surface area (Å²) in [6.07, 6.45) is 5.25. The first-order valence-electron chi connectivity index (χ1n) is 10.4. The van der Waals surface area contributed by atoms with Crippen molar-refractivity contribution in [2.75, 3.05) is 0 Å². The van der Waals surface area contributed by atoms with Crippen LogP contribution in [0, 0.1) is 11.8 Å². The van der Waals surface area contributed by atoms with E-state index in [1.54, 1.807) is 0 Å². The number of hydrogen-bond acceptors (Lipinski definition) is 5. The minimum Gasteiger partial charge on any atom is -0.488 e. The summed E-state index contributed by atoms with van der Waals surface area (Å²) in [5.41, 5.74) is 1.28. The molecule has 0 saturated heterocycles. The molecule has 0 radical (unpaired) electrons. The third kappa shape index (κ3) is 3.07. The van der Waals surface area contributed by atoms with Crippen LogP contribution < -0.4 is 15.1 Å². The van der Waals surface area contributed by atoms with Crippen LogP contribution in [-0.4, -0.2) is 17.5 Å². The minimum absolute atomic E-state index is 0.0483. The molecule has 0 amide bonds. The van der Waals surface area contributed by atoms with Gasteiger partial charge in [-0.3, -0.25) is 4.79 Å². The van der Waals surface area contributed by atoms with E-state index >= 15 is 0 Å². The van der Waals surface area contributed by atoms with E-state index in [0.29, 0.717) is 34.5 Å². The van der Waals surface area contributed by atoms with Gasteiger partial charge >= 0.3 is 5.63 Å². The molecule has 29 heavy (non-hydrogen) atoms. The van der Waals surface area contributed by atoms with E-state index < -0.39 is 11.2 Å². The highest BCUT2D eigenvalue weighted by molar-refractivity contribution is 6.14. The zero-order valence-corrected chi connectivity index (χ0v) is 17.9. The SMILES string of the molecule is CCCc1cc(=O)oc2c3c(c4c(c12)OC(C)(C)C=C4)OC(C(C)C)C(C)C3=O. The van der Waals surface area contributed by atoms with E-state index in [1.165, 1.54) is 6.07 Å². The largest absolute Gasteiger partial charge is 0.488 e. The Morgan fingerprint density at radius 3 is 2.55 bits per heavy atom. The van der Waals surface area contributed by atoms with Gasteiger partial charge < -0.3 is 13.9 Å². The first-order valence-corrected chi connectivity index (χ1v) is 10.4. The van der Waals surface area contributed by atoms with Crippen LogP contribution in [0.3, 0.4) is 0 Å². The third-order valence-electron chi connectivity index (χ3n) is 5.81. The Labute approximate surface area is 170 Å². The summed E-state index contributed by atoms with van der Waals surface area (Å²) in [5, 5.41) is 0.713. The number of fused-ring (bicyclic) bond motifs is 6. The summed E-state index contributed by atoms with van der Waals surface area (Å²) in [5.74, 6) is 0.888. The van der Waals surface area contributed by atoms with Crippen LogP contribution in [0.15, 0.2) is 21.4 Å². The van der Waals surface area contributed by atoms with Crippen LogP contribution in [0.4, 0.5) is 0 Å². The second kappa shape index (κ2) is 6.75. The third-order valence-corrected chi connectivity index (χ3v) is 5.81. The van der Waals surface area contributed by atoms with Gasteiger partial charge in [-0.15, -0.1) is 0 Å². The van der Waals surface area contributed by atoms with E-state index in [2.05, 4.69) is 6.92 Å². The van der Waals surface area contributed by atoms with Gasteiger partial charge in [-0.05, 0) is 43.9 Å². The lowest BCUT2D eigenvalue weighted by Crippen LogP contribution is -2.40. The molecule has 0 N–H and O–H groups in total. The number of aryl methyl sites for hydroxylation is 1. The summed E-state index contributed by atoms with van der Waals surface area (Å²) in [7, 11) is 0. The summed E-state index contributed by atoms with van der Waals surface area (Å²) >= 11 is 0. The van der Waals surface area contributed by atoms with Crippen molar-refractivity contribution in [1.82, 2.24) is 0 Å². The summed E-state index contributed by atoms with van der Waals surface area (Å²) < 4.78 is 18.4. The van der Waals surface area contributed by atoms with Gasteiger partial charge in [0.25, 0.3) is 0 Å². The zero-order valence-electron chi connectivity index (χ0n) is 17.9. The Kier molecular flexibility index (Phi) is 4.60. The smallest absolute Gasteiger partial charge is 0.336 e. The highest BCUT2D eigenvalue weighted by atomic mass is 16.5. The molecule has 0 spiro atoms. The molecule has 2 unspecified atom stereocenters. The van der Waals surface area contributed by atoms with Crippen molar-refractivity contribution < 1.29 is 18.7 Å². The topological polar surface area (TPSA) is 65.7 Å².